The molecule has 0 aliphatic heterocycles. The maximum absolute atomic E-state index is 9.28. The summed E-state index contributed by atoms with van der Waals surface area (Å²) < 4.78 is 0. The molecule has 22 heavy (non-hydrogen) atoms. The van der Waals surface area contributed by atoms with E-state index in [0.29, 0.717) is 5.41 Å². The summed E-state index contributed by atoms with van der Waals surface area (Å²) in [5.74, 6) is -1.60. The van der Waals surface area contributed by atoms with E-state index >= 15 is 0 Å². The molecule has 0 radical (unpaired) electrons. The first-order valence-corrected chi connectivity index (χ1v) is 6.83. The van der Waals surface area contributed by atoms with Crippen LogP contribution in [0, 0.1) is 11.3 Å². The van der Waals surface area contributed by atoms with E-state index in [-0.39, 0.29) is 78.0 Å². The summed E-state index contributed by atoms with van der Waals surface area (Å²) in [7, 11) is 0. The quantitative estimate of drug-likeness (QED) is 0.202. The van der Waals surface area contributed by atoms with E-state index in [9.17, 15) is 19.8 Å². The number of hydrogen-bond acceptors (Lipinski definition) is 4. The molecule has 0 atom stereocenters. The van der Waals surface area contributed by atoms with Crippen molar-refractivity contribution in [2.24, 2.45) is 5.41 Å². The second-order valence-electron chi connectivity index (χ2n) is 5.76. The van der Waals surface area contributed by atoms with Crippen LogP contribution in [0.4, 0.5) is 0 Å². The fourth-order valence-corrected chi connectivity index (χ4v) is 1.31. The average Bonchev–Trinajstić information content (AvgIpc) is 2.21. The molecular formula is C15H27LiNa2O4. The van der Waals surface area contributed by atoms with Gasteiger partial charge in [0.1, 0.15) is 0 Å². The Kier molecular flexibility index (Phi) is 32.5. The first-order chi connectivity index (χ1) is 8.61. The van der Waals surface area contributed by atoms with Gasteiger partial charge in [-0.05, 0) is 0 Å². The second-order valence-corrected chi connectivity index (χ2v) is 5.76. The molecule has 0 aliphatic carbocycles. The molecular weight excluding hydrogens is 297 g/mol. The van der Waals surface area contributed by atoms with Gasteiger partial charge in [0.2, 0.25) is 0 Å². The molecule has 0 saturated carbocycles. The van der Waals surface area contributed by atoms with Gasteiger partial charge >= 0.3 is 78.0 Å². The number of rotatable bonds is 7. The van der Waals surface area contributed by atoms with E-state index in [1.54, 1.807) is 5.92 Å². The van der Waals surface area contributed by atoms with E-state index in [1.165, 1.54) is 32.1 Å². The number of unbranched alkanes of at least 4 members (excludes halogenated alkanes) is 3. The number of hydrogen-bond donors (Lipinski definition) is 0. The van der Waals surface area contributed by atoms with Crippen LogP contribution in [-0.4, -0.2) is 11.9 Å². The summed E-state index contributed by atoms with van der Waals surface area (Å²) in [6, 6.07) is 0. The number of carboxylic acid groups (broad SMARTS) is 2. The number of carbonyl (C=O) groups is 2. The summed E-state index contributed by atoms with van der Waals surface area (Å²) in [4.78, 5) is 18.6. The molecule has 0 fully saturated rings. The molecule has 7 heteroatoms. The summed E-state index contributed by atoms with van der Waals surface area (Å²) in [5.41, 5.74) is 0.423. The molecule has 0 aromatic rings. The predicted octanol–water partition coefficient (Wildman–Crippen LogP) is -7.51. The third-order valence-electron chi connectivity index (χ3n) is 2.97. The van der Waals surface area contributed by atoms with Gasteiger partial charge in [-0.3, -0.25) is 0 Å². The molecule has 4 nitrogen and oxygen atoms in total. The van der Waals surface area contributed by atoms with Crippen LogP contribution >= 0.6 is 0 Å². The Hall–Kier alpha value is 1.54. The average molecular weight is 324 g/mol. The monoisotopic (exact) mass is 324 g/mol. The summed E-state index contributed by atoms with van der Waals surface area (Å²) >= 11 is 0. The predicted molar refractivity (Wildman–Crippen MR) is 71.8 cm³/mol. The van der Waals surface area contributed by atoms with Crippen LogP contribution in [0.1, 0.15) is 73.1 Å². The van der Waals surface area contributed by atoms with Gasteiger partial charge in [0.05, 0.1) is 0 Å². The third kappa shape index (κ3) is 29.5. The Bertz CT molecular complexity index is 257. The van der Waals surface area contributed by atoms with Crippen molar-refractivity contribution in [3.8, 4) is 0 Å². The van der Waals surface area contributed by atoms with Crippen LogP contribution in [0.15, 0.2) is 0 Å². The third-order valence-corrected chi connectivity index (χ3v) is 2.97. The number of carboxylic acids is 2. The zero-order valence-corrected chi connectivity index (χ0v) is 19.9. The molecule has 0 aromatic carbocycles. The Morgan fingerprint density at radius 1 is 0.955 bits per heavy atom. The van der Waals surface area contributed by atoms with Crippen molar-refractivity contribution in [3.63, 3.8) is 0 Å². The van der Waals surface area contributed by atoms with Gasteiger partial charge in [-0.2, -0.15) is 18.8 Å². The second kappa shape index (κ2) is 20.6. The SMILES string of the molecule is CCCCCC[C-](C)C(C)(C)C.O=C([O-])CC(=O)[O-].[Li+].[Na+].[Na+]. The Labute approximate surface area is 192 Å². The zero-order chi connectivity index (χ0) is 15.5. The molecule has 0 heterocycles. The molecule has 0 saturated heterocycles. The van der Waals surface area contributed by atoms with E-state index in [0.717, 1.165) is 0 Å². The first-order valence-electron chi connectivity index (χ1n) is 6.83. The van der Waals surface area contributed by atoms with E-state index in [4.69, 9.17) is 0 Å². The van der Waals surface area contributed by atoms with Gasteiger partial charge in [0, 0.05) is 18.4 Å². The van der Waals surface area contributed by atoms with Crippen LogP contribution in [0.25, 0.3) is 0 Å². The normalized spacial score (nSPS) is 9.36. The van der Waals surface area contributed by atoms with Crippen LogP contribution in [0.2, 0.25) is 0 Å². The van der Waals surface area contributed by atoms with Gasteiger partial charge in [-0.25, -0.2) is 0 Å². The minimum atomic E-state index is -1.63. The molecule has 0 N–H and O–H groups in total. The van der Waals surface area contributed by atoms with Gasteiger partial charge < -0.3 is 25.7 Å². The molecule has 0 aliphatic rings. The molecule has 0 aromatic heterocycles. The Morgan fingerprint density at radius 3 is 1.59 bits per heavy atom. The Balaban J connectivity index is -0.0000000850. The molecule has 0 rings (SSSR count). The van der Waals surface area contributed by atoms with Gasteiger partial charge in [0.25, 0.3) is 0 Å². The fraction of sp³-hybridized carbons (Fsp3) is 0.800. The molecule has 0 spiro atoms. The van der Waals surface area contributed by atoms with Crippen LogP contribution in [-0.2, 0) is 9.59 Å². The summed E-state index contributed by atoms with van der Waals surface area (Å²) in [5, 5.41) is 18.6. The van der Waals surface area contributed by atoms with Gasteiger partial charge in [0.15, 0.2) is 0 Å². The Morgan fingerprint density at radius 2 is 1.36 bits per heavy atom. The first kappa shape index (κ1) is 34.8. The molecule has 0 unspecified atom stereocenters. The zero-order valence-electron chi connectivity index (χ0n) is 15.9. The number of aliphatic carboxylic acids is 2. The van der Waals surface area contributed by atoms with Crippen LogP contribution in [0.3, 0.4) is 0 Å². The van der Waals surface area contributed by atoms with Crippen molar-refractivity contribution in [1.82, 2.24) is 0 Å². The van der Waals surface area contributed by atoms with Crippen molar-refractivity contribution in [2.75, 3.05) is 0 Å². The van der Waals surface area contributed by atoms with Gasteiger partial charge in [-0.1, -0.05) is 53.4 Å². The minimum absolute atomic E-state index is 0. The van der Waals surface area contributed by atoms with Crippen molar-refractivity contribution in [1.29, 1.82) is 0 Å². The van der Waals surface area contributed by atoms with Crippen LogP contribution in [0.5, 0.6) is 0 Å². The van der Waals surface area contributed by atoms with Crippen molar-refractivity contribution < 1.29 is 97.8 Å². The molecule has 114 valence electrons. The van der Waals surface area contributed by atoms with E-state index < -0.39 is 18.4 Å². The smallest absolute Gasteiger partial charge is 0.550 e. The van der Waals surface area contributed by atoms with E-state index in [2.05, 4.69) is 34.6 Å². The molecule has 0 amide bonds. The topological polar surface area (TPSA) is 80.3 Å². The standard InChI is InChI=1S/C12H25.C3H4O4.Li.2Na/c1-6-7-8-9-10-11(2)12(3,4)5;4-2(5)1-3(6)7;;;/h6-10H2,1-5H3;1H2,(H,4,5)(H,6,7);;;/q-1;;3*+1/p-2. The number of carbonyl (C=O) groups excluding carboxylic acids is 2. The summed E-state index contributed by atoms with van der Waals surface area (Å²) in [6.45, 7) is 11.5. The maximum atomic E-state index is 9.28. The fourth-order valence-electron chi connectivity index (χ4n) is 1.31. The van der Waals surface area contributed by atoms with E-state index in [1.807, 2.05) is 0 Å². The van der Waals surface area contributed by atoms with Crippen molar-refractivity contribution in [2.45, 2.75) is 73.1 Å². The van der Waals surface area contributed by atoms with Gasteiger partial charge in [-0.15, -0.1) is 0 Å². The van der Waals surface area contributed by atoms with Crippen LogP contribution < -0.4 is 88.2 Å². The van der Waals surface area contributed by atoms with Crippen molar-refractivity contribution >= 4 is 11.9 Å². The minimum Gasteiger partial charge on any atom is -0.550 e. The summed E-state index contributed by atoms with van der Waals surface area (Å²) in [6.07, 6.45) is 5.83. The molecule has 0 bridgehead atoms. The maximum Gasteiger partial charge on any atom is 1.00 e. The van der Waals surface area contributed by atoms with Crippen molar-refractivity contribution in [3.05, 3.63) is 5.92 Å². The largest absolute Gasteiger partial charge is 1.00 e.